The van der Waals surface area contributed by atoms with Crippen LogP contribution in [0.1, 0.15) is 0 Å². The lowest BCUT2D eigenvalue weighted by atomic mass is 10.3. The number of rotatable bonds is 2. The van der Waals surface area contributed by atoms with Crippen LogP contribution in [0.25, 0.3) is 5.69 Å². The summed E-state index contributed by atoms with van der Waals surface area (Å²) in [5.41, 5.74) is 6.20. The third-order valence-electron chi connectivity index (χ3n) is 2.04. The summed E-state index contributed by atoms with van der Waals surface area (Å²) in [4.78, 5) is 0. The fourth-order valence-corrected chi connectivity index (χ4v) is 1.38. The molecular formula is C10H11FN4. The molecule has 0 amide bonds. The van der Waals surface area contributed by atoms with Gasteiger partial charge in [-0.3, -0.25) is 0 Å². The molecule has 78 valence electrons. The average Bonchev–Trinajstić information content (AvgIpc) is 2.59. The smallest absolute Gasteiger partial charge is 0.148 e. The van der Waals surface area contributed by atoms with E-state index in [9.17, 15) is 4.39 Å². The molecule has 0 radical (unpaired) electrons. The summed E-state index contributed by atoms with van der Waals surface area (Å²) in [5, 5.41) is 6.99. The number of halogens is 1. The highest BCUT2D eigenvalue weighted by atomic mass is 19.1. The van der Waals surface area contributed by atoms with Gasteiger partial charge < -0.3 is 11.1 Å². The van der Waals surface area contributed by atoms with Crippen LogP contribution < -0.4 is 11.1 Å². The molecule has 4 nitrogen and oxygen atoms in total. The van der Waals surface area contributed by atoms with Crippen LogP contribution in [0.5, 0.6) is 0 Å². The lowest BCUT2D eigenvalue weighted by Gasteiger charge is -2.05. The first kappa shape index (κ1) is 9.51. The van der Waals surface area contributed by atoms with E-state index in [4.69, 9.17) is 5.73 Å². The number of nitrogens with two attached hydrogens (primary N) is 1. The second-order valence-corrected chi connectivity index (χ2v) is 3.10. The van der Waals surface area contributed by atoms with Crippen molar-refractivity contribution >= 4 is 11.6 Å². The van der Waals surface area contributed by atoms with E-state index in [1.807, 2.05) is 0 Å². The molecule has 1 aromatic carbocycles. The van der Waals surface area contributed by atoms with Crippen LogP contribution in [0.2, 0.25) is 0 Å². The van der Waals surface area contributed by atoms with Gasteiger partial charge in [-0.1, -0.05) is 6.07 Å². The van der Waals surface area contributed by atoms with Crippen LogP contribution in [0.3, 0.4) is 0 Å². The van der Waals surface area contributed by atoms with E-state index in [1.54, 1.807) is 29.9 Å². The summed E-state index contributed by atoms with van der Waals surface area (Å²) in [6, 6.07) is 7.85. The number of nitrogens with zero attached hydrogens (tertiary/aromatic N) is 2. The second kappa shape index (κ2) is 3.61. The minimum atomic E-state index is -0.302. The Morgan fingerprint density at radius 1 is 1.40 bits per heavy atom. The number of hydrogen-bond donors (Lipinski definition) is 2. The van der Waals surface area contributed by atoms with Gasteiger partial charge in [0.2, 0.25) is 0 Å². The molecule has 0 spiro atoms. The van der Waals surface area contributed by atoms with Crippen LogP contribution in [0.4, 0.5) is 16.0 Å². The van der Waals surface area contributed by atoms with Crippen molar-refractivity contribution in [3.05, 3.63) is 36.1 Å². The van der Waals surface area contributed by atoms with E-state index < -0.39 is 0 Å². The van der Waals surface area contributed by atoms with E-state index in [0.717, 1.165) is 5.82 Å². The summed E-state index contributed by atoms with van der Waals surface area (Å²) in [5.74, 6) is 0.810. The SMILES string of the molecule is CNc1cc(N)nn1-c1cccc(F)c1. The summed E-state index contributed by atoms with van der Waals surface area (Å²) in [6.45, 7) is 0. The Morgan fingerprint density at radius 3 is 2.87 bits per heavy atom. The van der Waals surface area contributed by atoms with Gasteiger partial charge in [0.15, 0.2) is 0 Å². The monoisotopic (exact) mass is 206 g/mol. The number of nitrogen functional groups attached to an aromatic ring is 1. The zero-order chi connectivity index (χ0) is 10.8. The predicted octanol–water partition coefficient (Wildman–Crippen LogP) is 1.64. The minimum Gasteiger partial charge on any atom is -0.382 e. The van der Waals surface area contributed by atoms with Gasteiger partial charge in [0.25, 0.3) is 0 Å². The molecule has 3 N–H and O–H groups in total. The molecule has 1 heterocycles. The minimum absolute atomic E-state index is 0.302. The van der Waals surface area contributed by atoms with E-state index in [0.29, 0.717) is 11.5 Å². The highest BCUT2D eigenvalue weighted by Crippen LogP contribution is 2.18. The molecule has 1 aromatic heterocycles. The molecule has 15 heavy (non-hydrogen) atoms. The van der Waals surface area contributed by atoms with Crippen LogP contribution in [0, 0.1) is 5.82 Å². The maximum atomic E-state index is 13.0. The molecule has 2 aromatic rings. The van der Waals surface area contributed by atoms with Gasteiger partial charge in [-0.15, -0.1) is 5.10 Å². The van der Waals surface area contributed by atoms with Crippen molar-refractivity contribution in [2.75, 3.05) is 18.1 Å². The van der Waals surface area contributed by atoms with Crippen molar-refractivity contribution in [3.63, 3.8) is 0 Å². The van der Waals surface area contributed by atoms with Gasteiger partial charge in [0.05, 0.1) is 5.69 Å². The molecule has 0 aliphatic heterocycles. The Hall–Kier alpha value is -2.04. The van der Waals surface area contributed by atoms with Crippen LogP contribution in [-0.4, -0.2) is 16.8 Å². The van der Waals surface area contributed by atoms with Gasteiger partial charge in [-0.05, 0) is 18.2 Å². The molecule has 0 saturated heterocycles. The first-order valence-electron chi connectivity index (χ1n) is 4.50. The van der Waals surface area contributed by atoms with Gasteiger partial charge >= 0.3 is 0 Å². The fourth-order valence-electron chi connectivity index (χ4n) is 1.38. The van der Waals surface area contributed by atoms with Gasteiger partial charge in [0.1, 0.15) is 17.5 Å². The van der Waals surface area contributed by atoms with Gasteiger partial charge in [0, 0.05) is 13.1 Å². The van der Waals surface area contributed by atoms with Crippen LogP contribution >= 0.6 is 0 Å². The van der Waals surface area contributed by atoms with E-state index in [1.165, 1.54) is 12.1 Å². The first-order chi connectivity index (χ1) is 7.20. The molecule has 5 heteroatoms. The predicted molar refractivity (Wildman–Crippen MR) is 57.5 cm³/mol. The quantitative estimate of drug-likeness (QED) is 0.785. The third-order valence-corrected chi connectivity index (χ3v) is 2.04. The highest BCUT2D eigenvalue weighted by Gasteiger charge is 2.06. The Kier molecular flexibility index (Phi) is 2.29. The fraction of sp³-hybridized carbons (Fsp3) is 0.100. The Balaban J connectivity index is 2.53. The first-order valence-corrected chi connectivity index (χ1v) is 4.50. The van der Waals surface area contributed by atoms with E-state index >= 15 is 0 Å². The van der Waals surface area contributed by atoms with E-state index in [2.05, 4.69) is 10.4 Å². The number of aromatic nitrogens is 2. The summed E-state index contributed by atoms with van der Waals surface area (Å²) < 4.78 is 14.6. The van der Waals surface area contributed by atoms with Crippen LogP contribution in [-0.2, 0) is 0 Å². The topological polar surface area (TPSA) is 55.9 Å². The summed E-state index contributed by atoms with van der Waals surface area (Å²) >= 11 is 0. The Morgan fingerprint density at radius 2 is 2.20 bits per heavy atom. The largest absolute Gasteiger partial charge is 0.382 e. The number of hydrogen-bond acceptors (Lipinski definition) is 3. The Labute approximate surface area is 86.5 Å². The molecule has 0 aliphatic carbocycles. The second-order valence-electron chi connectivity index (χ2n) is 3.10. The molecular weight excluding hydrogens is 195 g/mol. The lowest BCUT2D eigenvalue weighted by molar-refractivity contribution is 0.625. The third kappa shape index (κ3) is 1.76. The number of anilines is 2. The molecule has 2 rings (SSSR count). The zero-order valence-electron chi connectivity index (χ0n) is 8.24. The van der Waals surface area contributed by atoms with Crippen molar-refractivity contribution < 1.29 is 4.39 Å². The van der Waals surface area contributed by atoms with Gasteiger partial charge in [-0.2, -0.15) is 0 Å². The molecule has 0 unspecified atom stereocenters. The molecule has 0 bridgehead atoms. The molecule has 0 aliphatic rings. The summed E-state index contributed by atoms with van der Waals surface area (Å²) in [6.07, 6.45) is 0. The maximum Gasteiger partial charge on any atom is 0.148 e. The average molecular weight is 206 g/mol. The molecule has 0 fully saturated rings. The lowest BCUT2D eigenvalue weighted by Crippen LogP contribution is -2.02. The summed E-state index contributed by atoms with van der Waals surface area (Å²) in [7, 11) is 1.76. The van der Waals surface area contributed by atoms with Crippen molar-refractivity contribution in [2.24, 2.45) is 0 Å². The zero-order valence-corrected chi connectivity index (χ0v) is 8.24. The van der Waals surface area contributed by atoms with Crippen molar-refractivity contribution in [2.45, 2.75) is 0 Å². The number of benzene rings is 1. The van der Waals surface area contributed by atoms with Gasteiger partial charge in [-0.25, -0.2) is 9.07 Å². The molecule has 0 atom stereocenters. The van der Waals surface area contributed by atoms with Crippen molar-refractivity contribution in [1.29, 1.82) is 0 Å². The maximum absolute atomic E-state index is 13.0. The van der Waals surface area contributed by atoms with Crippen molar-refractivity contribution in [3.8, 4) is 5.69 Å². The van der Waals surface area contributed by atoms with E-state index in [-0.39, 0.29) is 5.82 Å². The number of nitrogens with one attached hydrogen (secondary N) is 1. The highest BCUT2D eigenvalue weighted by molar-refractivity contribution is 5.51. The Bertz CT molecular complexity index is 478. The van der Waals surface area contributed by atoms with Crippen molar-refractivity contribution in [1.82, 2.24) is 9.78 Å². The normalized spacial score (nSPS) is 10.3. The van der Waals surface area contributed by atoms with Crippen LogP contribution in [0.15, 0.2) is 30.3 Å². The molecule has 0 saturated carbocycles. The standard InChI is InChI=1S/C10H11FN4/c1-13-10-6-9(12)14-15(10)8-4-2-3-7(11)5-8/h2-6,13H,1H3,(H2,12,14).